The smallest absolute Gasteiger partial charge is 0.231 e. The molecule has 0 bridgehead atoms. The Kier molecular flexibility index (Phi) is 5.11. The van der Waals surface area contributed by atoms with Crippen LogP contribution in [-0.2, 0) is 11.2 Å². The van der Waals surface area contributed by atoms with E-state index < -0.39 is 0 Å². The van der Waals surface area contributed by atoms with Gasteiger partial charge < -0.3 is 15.5 Å². The normalized spacial score (nSPS) is 18.4. The van der Waals surface area contributed by atoms with Gasteiger partial charge in [-0.15, -0.1) is 5.10 Å². The van der Waals surface area contributed by atoms with E-state index in [2.05, 4.69) is 37.9 Å². The van der Waals surface area contributed by atoms with Gasteiger partial charge in [-0.2, -0.15) is 5.10 Å². The van der Waals surface area contributed by atoms with E-state index in [0.29, 0.717) is 13.1 Å². The molecule has 6 nitrogen and oxygen atoms in total. The second-order valence-corrected chi connectivity index (χ2v) is 7.27. The number of piperidine rings is 1. The SMILES string of the molecule is O=C(Nc1ccc(CC2CCNCC2)cc1)C1CN(c2cccnn2)C1. The Balaban J connectivity index is 1.26. The van der Waals surface area contributed by atoms with Gasteiger partial charge in [0, 0.05) is 25.0 Å². The third-order valence-electron chi connectivity index (χ3n) is 5.34. The van der Waals surface area contributed by atoms with Gasteiger partial charge in [0.05, 0.1) is 5.92 Å². The molecule has 4 rings (SSSR count). The largest absolute Gasteiger partial charge is 0.353 e. The molecule has 2 aromatic rings. The van der Waals surface area contributed by atoms with Crippen LogP contribution in [0.1, 0.15) is 18.4 Å². The van der Waals surface area contributed by atoms with E-state index in [4.69, 9.17) is 0 Å². The molecule has 3 heterocycles. The molecule has 1 amide bonds. The molecule has 2 aliphatic heterocycles. The number of rotatable bonds is 5. The zero-order chi connectivity index (χ0) is 17.8. The first kappa shape index (κ1) is 17.0. The van der Waals surface area contributed by atoms with Gasteiger partial charge in [0.25, 0.3) is 0 Å². The average molecular weight is 351 g/mol. The second kappa shape index (κ2) is 7.83. The quantitative estimate of drug-likeness (QED) is 0.863. The topological polar surface area (TPSA) is 70.2 Å². The van der Waals surface area contributed by atoms with Crippen molar-refractivity contribution in [3.05, 3.63) is 48.2 Å². The Labute approximate surface area is 154 Å². The van der Waals surface area contributed by atoms with Crippen LogP contribution in [0.3, 0.4) is 0 Å². The van der Waals surface area contributed by atoms with Crippen molar-refractivity contribution in [2.75, 3.05) is 36.4 Å². The average Bonchev–Trinajstić information content (AvgIpc) is 2.64. The Morgan fingerprint density at radius 2 is 1.92 bits per heavy atom. The van der Waals surface area contributed by atoms with E-state index in [9.17, 15) is 4.79 Å². The van der Waals surface area contributed by atoms with Crippen LogP contribution in [0.4, 0.5) is 11.5 Å². The number of nitrogens with one attached hydrogen (secondary N) is 2. The van der Waals surface area contributed by atoms with Crippen LogP contribution in [0.25, 0.3) is 0 Å². The van der Waals surface area contributed by atoms with Gasteiger partial charge in [-0.3, -0.25) is 4.79 Å². The first-order chi connectivity index (χ1) is 12.8. The number of carbonyl (C=O) groups is 1. The Bertz CT molecular complexity index is 722. The van der Waals surface area contributed by atoms with E-state index in [1.54, 1.807) is 6.20 Å². The van der Waals surface area contributed by atoms with Gasteiger partial charge in [0.15, 0.2) is 5.82 Å². The molecule has 6 heteroatoms. The summed E-state index contributed by atoms with van der Waals surface area (Å²) in [5, 5.41) is 14.4. The number of benzene rings is 1. The maximum atomic E-state index is 12.4. The van der Waals surface area contributed by atoms with Gasteiger partial charge >= 0.3 is 0 Å². The van der Waals surface area contributed by atoms with Crippen LogP contribution in [0.2, 0.25) is 0 Å². The lowest BCUT2D eigenvalue weighted by atomic mass is 9.91. The highest BCUT2D eigenvalue weighted by Gasteiger charge is 2.33. The highest BCUT2D eigenvalue weighted by Crippen LogP contribution is 2.24. The van der Waals surface area contributed by atoms with Crippen LogP contribution in [0.5, 0.6) is 0 Å². The van der Waals surface area contributed by atoms with Crippen molar-refractivity contribution in [3.63, 3.8) is 0 Å². The molecule has 0 aliphatic carbocycles. The van der Waals surface area contributed by atoms with Crippen molar-refractivity contribution in [2.45, 2.75) is 19.3 Å². The minimum Gasteiger partial charge on any atom is -0.353 e. The molecule has 2 N–H and O–H groups in total. The number of aromatic nitrogens is 2. The number of amides is 1. The van der Waals surface area contributed by atoms with Crippen LogP contribution < -0.4 is 15.5 Å². The summed E-state index contributed by atoms with van der Waals surface area (Å²) in [7, 11) is 0. The fourth-order valence-electron chi connectivity index (χ4n) is 3.68. The lowest BCUT2D eigenvalue weighted by molar-refractivity contribution is -0.120. The molecular formula is C20H25N5O. The van der Waals surface area contributed by atoms with Crippen molar-refractivity contribution in [1.82, 2.24) is 15.5 Å². The molecule has 0 atom stereocenters. The summed E-state index contributed by atoms with van der Waals surface area (Å²) in [6, 6.07) is 12.1. The van der Waals surface area contributed by atoms with Gasteiger partial charge in [0.2, 0.25) is 5.91 Å². The summed E-state index contributed by atoms with van der Waals surface area (Å²) in [4.78, 5) is 14.5. The van der Waals surface area contributed by atoms with Crippen molar-refractivity contribution < 1.29 is 4.79 Å². The summed E-state index contributed by atoms with van der Waals surface area (Å²) >= 11 is 0. The van der Waals surface area contributed by atoms with Crippen molar-refractivity contribution in [2.24, 2.45) is 11.8 Å². The zero-order valence-electron chi connectivity index (χ0n) is 14.9. The molecule has 136 valence electrons. The maximum absolute atomic E-state index is 12.4. The molecule has 2 fully saturated rings. The molecule has 1 aromatic carbocycles. The lowest BCUT2D eigenvalue weighted by Crippen LogP contribution is -2.52. The number of nitrogens with zero attached hydrogens (tertiary/aromatic N) is 3. The van der Waals surface area contributed by atoms with Crippen LogP contribution in [-0.4, -0.2) is 42.3 Å². The van der Waals surface area contributed by atoms with Crippen molar-refractivity contribution in [1.29, 1.82) is 0 Å². The third kappa shape index (κ3) is 4.02. The summed E-state index contributed by atoms with van der Waals surface area (Å²) < 4.78 is 0. The minimum atomic E-state index is 0.00595. The molecular weight excluding hydrogens is 326 g/mol. The predicted molar refractivity (Wildman–Crippen MR) is 102 cm³/mol. The summed E-state index contributed by atoms with van der Waals surface area (Å²) in [5.74, 6) is 1.69. The number of hydrogen-bond acceptors (Lipinski definition) is 5. The maximum Gasteiger partial charge on any atom is 0.231 e. The van der Waals surface area contributed by atoms with Crippen LogP contribution in [0, 0.1) is 11.8 Å². The van der Waals surface area contributed by atoms with Gasteiger partial charge in [-0.25, -0.2) is 0 Å². The fraction of sp³-hybridized carbons (Fsp3) is 0.450. The van der Waals surface area contributed by atoms with Crippen LogP contribution in [0.15, 0.2) is 42.6 Å². The number of carbonyl (C=O) groups excluding carboxylic acids is 1. The molecule has 0 unspecified atom stereocenters. The lowest BCUT2D eigenvalue weighted by Gasteiger charge is -2.38. The summed E-state index contributed by atoms with van der Waals surface area (Å²) in [6.07, 6.45) is 5.29. The van der Waals surface area contributed by atoms with E-state index >= 15 is 0 Å². The first-order valence-electron chi connectivity index (χ1n) is 9.41. The van der Waals surface area contributed by atoms with Crippen LogP contribution >= 0.6 is 0 Å². The zero-order valence-corrected chi connectivity index (χ0v) is 14.9. The highest BCUT2D eigenvalue weighted by molar-refractivity contribution is 5.94. The van der Waals surface area contributed by atoms with E-state index in [1.807, 2.05) is 24.3 Å². The van der Waals surface area contributed by atoms with E-state index in [1.165, 1.54) is 18.4 Å². The molecule has 0 radical (unpaired) electrons. The predicted octanol–water partition coefficient (Wildman–Crippen LogP) is 2.09. The van der Waals surface area contributed by atoms with Gasteiger partial charge in [-0.05, 0) is 68.1 Å². The standard InChI is InChI=1S/C20H25N5O/c26-20(17-13-25(14-17)19-2-1-9-22-24-19)23-18-5-3-15(4-6-18)12-16-7-10-21-11-8-16/h1-6,9,16-17,21H,7-8,10-14H2,(H,23,26). The Hall–Kier alpha value is -2.47. The molecule has 0 saturated carbocycles. The van der Waals surface area contributed by atoms with Crippen molar-refractivity contribution in [3.8, 4) is 0 Å². The molecule has 2 saturated heterocycles. The van der Waals surface area contributed by atoms with Crippen molar-refractivity contribution >= 4 is 17.4 Å². The summed E-state index contributed by atoms with van der Waals surface area (Å²) in [5.41, 5.74) is 2.23. The van der Waals surface area contributed by atoms with Gasteiger partial charge in [-0.1, -0.05) is 12.1 Å². The fourth-order valence-corrected chi connectivity index (χ4v) is 3.68. The minimum absolute atomic E-state index is 0.00595. The van der Waals surface area contributed by atoms with E-state index in [0.717, 1.165) is 36.9 Å². The van der Waals surface area contributed by atoms with E-state index in [-0.39, 0.29) is 11.8 Å². The molecule has 1 aromatic heterocycles. The number of hydrogen-bond donors (Lipinski definition) is 2. The molecule has 2 aliphatic rings. The molecule has 0 spiro atoms. The first-order valence-corrected chi connectivity index (χ1v) is 9.41. The Morgan fingerprint density at radius 1 is 1.15 bits per heavy atom. The summed E-state index contributed by atoms with van der Waals surface area (Å²) in [6.45, 7) is 3.65. The third-order valence-corrected chi connectivity index (χ3v) is 5.34. The number of anilines is 2. The second-order valence-electron chi connectivity index (χ2n) is 7.27. The Morgan fingerprint density at radius 3 is 2.62 bits per heavy atom. The monoisotopic (exact) mass is 351 g/mol. The van der Waals surface area contributed by atoms with Gasteiger partial charge in [0.1, 0.15) is 0 Å². The highest BCUT2D eigenvalue weighted by atomic mass is 16.2. The molecule has 26 heavy (non-hydrogen) atoms.